The molecule has 0 aliphatic carbocycles. The molecular formula is C16H25ClN2. The molecule has 1 aliphatic heterocycles. The van der Waals surface area contributed by atoms with Crippen molar-refractivity contribution in [3.05, 3.63) is 28.8 Å². The van der Waals surface area contributed by atoms with Crippen molar-refractivity contribution >= 4 is 17.3 Å². The third kappa shape index (κ3) is 3.43. The molecular weight excluding hydrogens is 256 g/mol. The summed E-state index contributed by atoms with van der Waals surface area (Å²) in [6, 6.07) is 7.23. The maximum absolute atomic E-state index is 6.47. The summed E-state index contributed by atoms with van der Waals surface area (Å²) >= 11 is 6.47. The molecule has 0 amide bonds. The summed E-state index contributed by atoms with van der Waals surface area (Å²) in [5.74, 6) is 0.749. The highest BCUT2D eigenvalue weighted by Gasteiger charge is 2.27. The van der Waals surface area contributed by atoms with E-state index in [0.717, 1.165) is 30.3 Å². The zero-order valence-corrected chi connectivity index (χ0v) is 13.0. The largest absolute Gasteiger partial charge is 0.367 e. The first-order valence-corrected chi connectivity index (χ1v) is 7.69. The van der Waals surface area contributed by atoms with Gasteiger partial charge in [-0.15, -0.1) is 0 Å². The Bertz CT molecular complexity index is 433. The van der Waals surface area contributed by atoms with Gasteiger partial charge in [0, 0.05) is 18.6 Å². The molecule has 19 heavy (non-hydrogen) atoms. The number of anilines is 1. The van der Waals surface area contributed by atoms with Gasteiger partial charge in [0.1, 0.15) is 0 Å². The van der Waals surface area contributed by atoms with E-state index in [4.69, 9.17) is 17.3 Å². The second-order valence-corrected chi connectivity index (χ2v) is 6.41. The van der Waals surface area contributed by atoms with Gasteiger partial charge in [0.2, 0.25) is 0 Å². The van der Waals surface area contributed by atoms with Crippen LogP contribution >= 0.6 is 11.6 Å². The third-order valence-electron chi connectivity index (χ3n) is 4.13. The van der Waals surface area contributed by atoms with Crippen LogP contribution in [0.5, 0.6) is 0 Å². The highest BCUT2D eigenvalue weighted by Crippen LogP contribution is 2.34. The second kappa shape index (κ2) is 6.15. The number of hydrogen-bond acceptors (Lipinski definition) is 2. The SMILES string of the molecule is CCC(N)Cc1ccc(N2CC(C)CC2C)c(Cl)c1. The van der Waals surface area contributed by atoms with Crippen molar-refractivity contribution in [1.29, 1.82) is 0 Å². The van der Waals surface area contributed by atoms with Gasteiger partial charge in [-0.05, 0) is 49.8 Å². The van der Waals surface area contributed by atoms with Gasteiger partial charge in [-0.25, -0.2) is 0 Å². The summed E-state index contributed by atoms with van der Waals surface area (Å²) in [7, 11) is 0. The zero-order valence-electron chi connectivity index (χ0n) is 12.2. The molecule has 106 valence electrons. The highest BCUT2D eigenvalue weighted by atomic mass is 35.5. The van der Waals surface area contributed by atoms with Gasteiger partial charge in [0.05, 0.1) is 10.7 Å². The molecule has 3 atom stereocenters. The molecule has 1 saturated heterocycles. The summed E-state index contributed by atoms with van der Waals surface area (Å²) in [4.78, 5) is 2.43. The predicted octanol–water partition coefficient (Wildman–Crippen LogP) is 3.85. The molecule has 1 heterocycles. The minimum Gasteiger partial charge on any atom is -0.367 e. The van der Waals surface area contributed by atoms with Crippen molar-refractivity contribution < 1.29 is 0 Å². The molecule has 2 N–H and O–H groups in total. The summed E-state index contributed by atoms with van der Waals surface area (Å²) in [5.41, 5.74) is 8.41. The first kappa shape index (κ1) is 14.7. The molecule has 1 aromatic rings. The Morgan fingerprint density at radius 1 is 1.42 bits per heavy atom. The number of nitrogens with zero attached hydrogens (tertiary/aromatic N) is 1. The van der Waals surface area contributed by atoms with Crippen LogP contribution in [0.15, 0.2) is 18.2 Å². The standard InChI is InChI=1S/C16H25ClN2/c1-4-14(18)8-13-5-6-16(15(17)9-13)19-10-11(2)7-12(19)3/h5-6,9,11-12,14H,4,7-8,10,18H2,1-3H3. The Kier molecular flexibility index (Phi) is 4.75. The molecule has 3 unspecified atom stereocenters. The molecule has 1 fully saturated rings. The summed E-state index contributed by atoms with van der Waals surface area (Å²) in [5, 5.41) is 0.863. The van der Waals surface area contributed by atoms with Crippen molar-refractivity contribution in [2.24, 2.45) is 11.7 Å². The van der Waals surface area contributed by atoms with E-state index in [1.54, 1.807) is 0 Å². The van der Waals surface area contributed by atoms with E-state index in [1.165, 1.54) is 17.7 Å². The van der Waals surface area contributed by atoms with Gasteiger partial charge >= 0.3 is 0 Å². The van der Waals surface area contributed by atoms with Crippen molar-refractivity contribution in [2.75, 3.05) is 11.4 Å². The monoisotopic (exact) mass is 280 g/mol. The fraction of sp³-hybridized carbons (Fsp3) is 0.625. The van der Waals surface area contributed by atoms with E-state index in [2.05, 4.69) is 43.9 Å². The quantitative estimate of drug-likeness (QED) is 0.908. The minimum absolute atomic E-state index is 0.229. The van der Waals surface area contributed by atoms with E-state index in [1.807, 2.05) is 0 Å². The highest BCUT2D eigenvalue weighted by molar-refractivity contribution is 6.33. The lowest BCUT2D eigenvalue weighted by Gasteiger charge is -2.25. The average molecular weight is 281 g/mol. The van der Waals surface area contributed by atoms with E-state index >= 15 is 0 Å². The average Bonchev–Trinajstić information content (AvgIpc) is 2.68. The van der Waals surface area contributed by atoms with Crippen molar-refractivity contribution in [3.8, 4) is 0 Å². The minimum atomic E-state index is 0.229. The molecule has 1 aromatic carbocycles. The Balaban J connectivity index is 2.15. The van der Waals surface area contributed by atoms with E-state index < -0.39 is 0 Å². The van der Waals surface area contributed by atoms with Gasteiger partial charge in [-0.2, -0.15) is 0 Å². The Morgan fingerprint density at radius 3 is 2.68 bits per heavy atom. The van der Waals surface area contributed by atoms with Crippen molar-refractivity contribution in [2.45, 2.75) is 52.1 Å². The summed E-state index contributed by atoms with van der Waals surface area (Å²) in [6.45, 7) is 7.81. The Labute approximate surface area is 121 Å². The Hall–Kier alpha value is -0.730. The number of halogens is 1. The number of rotatable bonds is 4. The molecule has 2 nitrogen and oxygen atoms in total. The number of hydrogen-bond donors (Lipinski definition) is 1. The van der Waals surface area contributed by atoms with Crippen molar-refractivity contribution in [3.63, 3.8) is 0 Å². The predicted molar refractivity (Wildman–Crippen MR) is 84.0 cm³/mol. The molecule has 1 aliphatic rings. The van der Waals surface area contributed by atoms with Crippen LogP contribution in [-0.4, -0.2) is 18.6 Å². The van der Waals surface area contributed by atoms with Crippen LogP contribution in [0.2, 0.25) is 5.02 Å². The molecule has 0 radical (unpaired) electrons. The lowest BCUT2D eigenvalue weighted by molar-refractivity contribution is 0.625. The molecule has 0 spiro atoms. The van der Waals surface area contributed by atoms with Gasteiger partial charge in [-0.1, -0.05) is 31.5 Å². The lowest BCUT2D eigenvalue weighted by Crippen LogP contribution is -2.27. The van der Waals surface area contributed by atoms with Crippen LogP contribution in [0.4, 0.5) is 5.69 Å². The topological polar surface area (TPSA) is 29.3 Å². The summed E-state index contributed by atoms with van der Waals surface area (Å²) < 4.78 is 0. The van der Waals surface area contributed by atoms with Gasteiger partial charge in [0.25, 0.3) is 0 Å². The van der Waals surface area contributed by atoms with E-state index in [-0.39, 0.29) is 6.04 Å². The van der Waals surface area contributed by atoms with Gasteiger partial charge in [-0.3, -0.25) is 0 Å². The fourth-order valence-electron chi connectivity index (χ4n) is 2.99. The molecule has 0 bridgehead atoms. The van der Waals surface area contributed by atoms with Crippen LogP contribution in [0.1, 0.15) is 39.2 Å². The maximum Gasteiger partial charge on any atom is 0.0642 e. The molecule has 3 heteroatoms. The normalized spacial score (nSPS) is 24.8. The lowest BCUT2D eigenvalue weighted by atomic mass is 10.0. The fourth-order valence-corrected chi connectivity index (χ4v) is 3.30. The molecule has 0 aromatic heterocycles. The van der Waals surface area contributed by atoms with Crippen LogP contribution in [-0.2, 0) is 6.42 Å². The first-order chi connectivity index (χ1) is 9.01. The van der Waals surface area contributed by atoms with E-state index in [9.17, 15) is 0 Å². The van der Waals surface area contributed by atoms with E-state index in [0.29, 0.717) is 6.04 Å². The number of benzene rings is 1. The molecule has 2 rings (SSSR count). The van der Waals surface area contributed by atoms with Crippen LogP contribution in [0.25, 0.3) is 0 Å². The third-order valence-corrected chi connectivity index (χ3v) is 4.43. The van der Waals surface area contributed by atoms with Crippen LogP contribution in [0, 0.1) is 5.92 Å². The Morgan fingerprint density at radius 2 is 2.16 bits per heavy atom. The summed E-state index contributed by atoms with van der Waals surface area (Å²) in [6.07, 6.45) is 3.15. The zero-order chi connectivity index (χ0) is 14.0. The number of nitrogens with two attached hydrogens (primary N) is 1. The second-order valence-electron chi connectivity index (χ2n) is 6.00. The molecule has 0 saturated carbocycles. The van der Waals surface area contributed by atoms with Crippen molar-refractivity contribution in [1.82, 2.24) is 0 Å². The smallest absolute Gasteiger partial charge is 0.0642 e. The first-order valence-electron chi connectivity index (χ1n) is 7.31. The van der Waals surface area contributed by atoms with Crippen LogP contribution in [0.3, 0.4) is 0 Å². The van der Waals surface area contributed by atoms with Gasteiger partial charge in [0.15, 0.2) is 0 Å². The maximum atomic E-state index is 6.47. The van der Waals surface area contributed by atoms with Gasteiger partial charge < -0.3 is 10.6 Å². The van der Waals surface area contributed by atoms with Crippen LogP contribution < -0.4 is 10.6 Å².